The van der Waals surface area contributed by atoms with Gasteiger partial charge in [-0.1, -0.05) is 25.8 Å². The summed E-state index contributed by atoms with van der Waals surface area (Å²) < 4.78 is 137. The first-order chi connectivity index (χ1) is 19.9. The third-order valence-electron chi connectivity index (χ3n) is 6.29. The minimum atomic E-state index is -4.11. The summed E-state index contributed by atoms with van der Waals surface area (Å²) >= 11 is 0. The van der Waals surface area contributed by atoms with Crippen LogP contribution in [0.15, 0.2) is 60.7 Å². The van der Waals surface area contributed by atoms with Crippen molar-refractivity contribution in [3.8, 4) is 33.8 Å². The van der Waals surface area contributed by atoms with Crippen molar-refractivity contribution in [3.63, 3.8) is 0 Å². The first-order valence-electron chi connectivity index (χ1n) is 12.8. The Morgan fingerprint density at radius 1 is 0.643 bits per heavy atom. The van der Waals surface area contributed by atoms with Crippen LogP contribution in [0.25, 0.3) is 22.3 Å². The lowest BCUT2D eigenvalue weighted by atomic mass is 9.99. The van der Waals surface area contributed by atoms with E-state index in [9.17, 15) is 39.5 Å². The van der Waals surface area contributed by atoms with Gasteiger partial charge in [-0.05, 0) is 78.1 Å². The molecule has 0 aliphatic carbocycles. The molecule has 0 aliphatic rings. The highest BCUT2D eigenvalue weighted by atomic mass is 19.3. The molecule has 0 aliphatic heterocycles. The summed E-state index contributed by atoms with van der Waals surface area (Å²) in [4.78, 5) is 0. The number of rotatable bonds is 11. The van der Waals surface area contributed by atoms with Crippen LogP contribution < -0.4 is 9.47 Å². The van der Waals surface area contributed by atoms with Crippen molar-refractivity contribution in [1.82, 2.24) is 0 Å². The lowest BCUT2D eigenvalue weighted by Crippen LogP contribution is -2.32. The molecule has 11 heteroatoms. The van der Waals surface area contributed by atoms with E-state index in [1.807, 2.05) is 6.92 Å². The van der Waals surface area contributed by atoms with E-state index < -0.39 is 76.1 Å². The Hall–Kier alpha value is -4.15. The maximum absolute atomic E-state index is 14.7. The van der Waals surface area contributed by atoms with Crippen LogP contribution in [0.5, 0.6) is 11.5 Å². The molecular weight excluding hydrogens is 575 g/mol. The molecule has 0 N–H and O–H groups in total. The van der Waals surface area contributed by atoms with Crippen LogP contribution in [0.2, 0.25) is 0 Å². The highest BCUT2D eigenvalue weighted by Gasteiger charge is 2.34. The van der Waals surface area contributed by atoms with Gasteiger partial charge < -0.3 is 9.47 Å². The molecule has 0 amide bonds. The molecule has 0 bridgehead atoms. The molecule has 4 rings (SSSR count). The molecule has 0 aromatic heterocycles. The van der Waals surface area contributed by atoms with Crippen molar-refractivity contribution in [2.75, 3.05) is 6.61 Å². The Balaban J connectivity index is 1.43. The van der Waals surface area contributed by atoms with E-state index in [1.54, 1.807) is 0 Å². The lowest BCUT2D eigenvalue weighted by Gasteiger charge is -2.19. The van der Waals surface area contributed by atoms with Crippen molar-refractivity contribution in [3.05, 3.63) is 107 Å². The number of alkyl halides is 2. The summed E-state index contributed by atoms with van der Waals surface area (Å²) in [6.07, 6.45) is -1.05. The molecule has 4 aromatic rings. The number of aryl methyl sites for hydroxylation is 1. The third kappa shape index (κ3) is 7.18. The number of unbranched alkanes of at least 4 members (excludes halogenated alkanes) is 2. The number of hydrogen-bond donors (Lipinski definition) is 0. The molecule has 42 heavy (non-hydrogen) atoms. The van der Waals surface area contributed by atoms with Crippen LogP contribution in [0, 0.1) is 40.7 Å². The standard InChI is InChI=1S/C31H23F9O2/c1-2-3-4-5-17-10-24(34)29(25(35)11-17)18-6-9-28(23(33)12-18)41-16-31(39,40)42-20-7-8-21(22(32)15-20)19-13-26(36)30(38)27(37)14-19/h6-15H,2-5,16H2,1H3. The fourth-order valence-electron chi connectivity index (χ4n) is 4.27. The van der Waals surface area contributed by atoms with E-state index in [1.165, 1.54) is 12.1 Å². The van der Waals surface area contributed by atoms with Gasteiger partial charge in [-0.25, -0.2) is 30.7 Å². The van der Waals surface area contributed by atoms with Crippen molar-refractivity contribution >= 4 is 0 Å². The van der Waals surface area contributed by atoms with Gasteiger partial charge in [0.05, 0.1) is 5.56 Å². The molecule has 0 fully saturated rings. The first-order valence-corrected chi connectivity index (χ1v) is 12.8. The SMILES string of the molecule is CCCCCc1cc(F)c(-c2ccc(OCC(F)(F)Oc3ccc(-c4cc(F)c(F)c(F)c4)c(F)c3)c(F)c2)c(F)c1. The topological polar surface area (TPSA) is 18.5 Å². The third-order valence-corrected chi connectivity index (χ3v) is 6.29. The summed E-state index contributed by atoms with van der Waals surface area (Å²) in [6.45, 7) is 0.462. The van der Waals surface area contributed by atoms with Crippen LogP contribution >= 0.6 is 0 Å². The molecule has 0 saturated carbocycles. The van der Waals surface area contributed by atoms with Crippen LogP contribution in [0.4, 0.5) is 39.5 Å². The van der Waals surface area contributed by atoms with Gasteiger partial charge in [0, 0.05) is 11.6 Å². The monoisotopic (exact) mass is 598 g/mol. The largest absolute Gasteiger partial charge is 0.480 e. The fraction of sp³-hybridized carbons (Fsp3) is 0.226. The summed E-state index contributed by atoms with van der Waals surface area (Å²) in [5.74, 6) is -10.4. The van der Waals surface area contributed by atoms with Crippen LogP contribution in [-0.2, 0) is 6.42 Å². The van der Waals surface area contributed by atoms with Gasteiger partial charge in [0.25, 0.3) is 0 Å². The quantitative estimate of drug-likeness (QED) is 0.0972. The highest BCUT2D eigenvalue weighted by molar-refractivity contribution is 5.67. The van der Waals surface area contributed by atoms with Gasteiger partial charge in [-0.3, -0.25) is 0 Å². The number of halogens is 9. The lowest BCUT2D eigenvalue weighted by molar-refractivity contribution is -0.195. The van der Waals surface area contributed by atoms with Gasteiger partial charge in [0.1, 0.15) is 23.2 Å². The summed E-state index contributed by atoms with van der Waals surface area (Å²) in [7, 11) is 0. The minimum Gasteiger partial charge on any atom is -0.480 e. The smallest absolute Gasteiger partial charge is 0.433 e. The van der Waals surface area contributed by atoms with E-state index >= 15 is 0 Å². The van der Waals surface area contributed by atoms with Gasteiger partial charge in [0.15, 0.2) is 35.6 Å². The Morgan fingerprint density at radius 2 is 1.29 bits per heavy atom. The maximum Gasteiger partial charge on any atom is 0.433 e. The zero-order chi connectivity index (χ0) is 30.6. The molecule has 2 nitrogen and oxygen atoms in total. The van der Waals surface area contributed by atoms with Crippen LogP contribution in [-0.4, -0.2) is 12.7 Å². The Morgan fingerprint density at radius 3 is 1.88 bits per heavy atom. The van der Waals surface area contributed by atoms with E-state index in [4.69, 9.17) is 4.74 Å². The molecule has 0 heterocycles. The van der Waals surface area contributed by atoms with Crippen molar-refractivity contribution in [2.24, 2.45) is 0 Å². The van der Waals surface area contributed by atoms with Gasteiger partial charge in [0.2, 0.25) is 0 Å². The predicted octanol–water partition coefficient (Wildman–Crippen LogP) is 9.78. The average Bonchev–Trinajstić information content (AvgIpc) is 2.90. The van der Waals surface area contributed by atoms with Crippen molar-refractivity contribution in [2.45, 2.75) is 38.7 Å². The van der Waals surface area contributed by atoms with Crippen molar-refractivity contribution in [1.29, 1.82) is 0 Å². The molecular formula is C31H23F9O2. The molecule has 0 spiro atoms. The van der Waals surface area contributed by atoms with E-state index in [0.717, 1.165) is 49.6 Å². The fourth-order valence-corrected chi connectivity index (χ4v) is 4.27. The molecule has 0 atom stereocenters. The molecule has 222 valence electrons. The summed E-state index contributed by atoms with van der Waals surface area (Å²) in [5, 5.41) is 0. The summed E-state index contributed by atoms with van der Waals surface area (Å²) in [6, 6.07) is 8.44. The molecule has 0 saturated heterocycles. The number of hydrogen-bond acceptors (Lipinski definition) is 2. The number of ether oxygens (including phenoxy) is 2. The minimum absolute atomic E-state index is 0.172. The second-order valence-corrected chi connectivity index (χ2v) is 9.46. The summed E-state index contributed by atoms with van der Waals surface area (Å²) in [5.41, 5.74) is -0.995. The highest BCUT2D eigenvalue weighted by Crippen LogP contribution is 2.33. The van der Waals surface area contributed by atoms with E-state index in [2.05, 4.69) is 4.74 Å². The zero-order valence-electron chi connectivity index (χ0n) is 22.0. The Bertz CT molecular complexity index is 1540. The molecule has 0 radical (unpaired) electrons. The van der Waals surface area contributed by atoms with Gasteiger partial charge in [-0.15, -0.1) is 0 Å². The van der Waals surface area contributed by atoms with E-state index in [-0.39, 0.29) is 11.1 Å². The van der Waals surface area contributed by atoms with Crippen LogP contribution in [0.1, 0.15) is 31.7 Å². The van der Waals surface area contributed by atoms with Gasteiger partial charge in [-0.2, -0.15) is 8.78 Å². The predicted molar refractivity (Wildman–Crippen MR) is 138 cm³/mol. The molecule has 4 aromatic carbocycles. The second-order valence-electron chi connectivity index (χ2n) is 9.46. The zero-order valence-corrected chi connectivity index (χ0v) is 22.0. The van der Waals surface area contributed by atoms with Gasteiger partial charge >= 0.3 is 6.11 Å². The van der Waals surface area contributed by atoms with E-state index in [0.29, 0.717) is 30.2 Å². The number of benzene rings is 4. The Labute approximate surface area is 235 Å². The van der Waals surface area contributed by atoms with Crippen LogP contribution in [0.3, 0.4) is 0 Å². The maximum atomic E-state index is 14.7. The normalized spacial score (nSPS) is 11.6. The second kappa shape index (κ2) is 12.8. The molecule has 0 unspecified atom stereocenters. The average molecular weight is 599 g/mol. The van der Waals surface area contributed by atoms with Crippen molar-refractivity contribution < 1.29 is 49.0 Å². The first kappa shape index (κ1) is 30.8. The Kier molecular flexibility index (Phi) is 9.38.